The summed E-state index contributed by atoms with van der Waals surface area (Å²) in [6, 6.07) is 7.00. The van der Waals surface area contributed by atoms with E-state index < -0.39 is 17.5 Å². The fourth-order valence-corrected chi connectivity index (χ4v) is 1.84. The van der Waals surface area contributed by atoms with Crippen molar-refractivity contribution in [1.29, 1.82) is 0 Å². The standard InChI is InChI=1S/C14H8F3N3/c15-10-4-9(5-11(16)14(10)17)13-6-12(19-20-13)8-2-1-3-18-7-8/h1-7H,(H,19,20). The first-order valence-corrected chi connectivity index (χ1v) is 5.76. The van der Waals surface area contributed by atoms with E-state index in [2.05, 4.69) is 15.2 Å². The number of halogens is 3. The van der Waals surface area contributed by atoms with Crippen molar-refractivity contribution in [1.82, 2.24) is 15.2 Å². The lowest BCUT2D eigenvalue weighted by Crippen LogP contribution is -1.91. The number of rotatable bonds is 2. The first-order valence-electron chi connectivity index (χ1n) is 5.76. The Bertz CT molecular complexity index is 730. The topological polar surface area (TPSA) is 41.6 Å². The average Bonchev–Trinajstić information content (AvgIpc) is 2.95. The van der Waals surface area contributed by atoms with Crippen molar-refractivity contribution in [3.8, 4) is 22.5 Å². The van der Waals surface area contributed by atoms with Gasteiger partial charge in [0.1, 0.15) is 0 Å². The third-order valence-corrected chi connectivity index (χ3v) is 2.83. The van der Waals surface area contributed by atoms with Crippen LogP contribution in [0.2, 0.25) is 0 Å². The molecule has 0 fully saturated rings. The molecule has 1 N–H and O–H groups in total. The molecule has 0 atom stereocenters. The fraction of sp³-hybridized carbons (Fsp3) is 0. The van der Waals surface area contributed by atoms with Crippen LogP contribution in [0.4, 0.5) is 13.2 Å². The van der Waals surface area contributed by atoms with Crippen molar-refractivity contribution in [2.45, 2.75) is 0 Å². The molecule has 3 rings (SSSR count). The van der Waals surface area contributed by atoms with E-state index in [0.29, 0.717) is 11.4 Å². The van der Waals surface area contributed by atoms with E-state index in [0.717, 1.165) is 17.7 Å². The zero-order valence-corrected chi connectivity index (χ0v) is 10.1. The van der Waals surface area contributed by atoms with Crippen molar-refractivity contribution in [2.75, 3.05) is 0 Å². The smallest absolute Gasteiger partial charge is 0.194 e. The highest BCUT2D eigenvalue weighted by atomic mass is 19.2. The summed E-state index contributed by atoms with van der Waals surface area (Å²) in [5, 5.41) is 6.71. The molecule has 0 aliphatic rings. The molecule has 0 bridgehead atoms. The van der Waals surface area contributed by atoms with Crippen LogP contribution >= 0.6 is 0 Å². The average molecular weight is 275 g/mol. The van der Waals surface area contributed by atoms with E-state index >= 15 is 0 Å². The zero-order valence-electron chi connectivity index (χ0n) is 10.1. The van der Waals surface area contributed by atoms with Crippen molar-refractivity contribution >= 4 is 0 Å². The van der Waals surface area contributed by atoms with Crippen LogP contribution < -0.4 is 0 Å². The highest BCUT2D eigenvalue weighted by Gasteiger charge is 2.13. The van der Waals surface area contributed by atoms with Gasteiger partial charge in [0.15, 0.2) is 17.5 Å². The van der Waals surface area contributed by atoms with Gasteiger partial charge in [0.05, 0.1) is 11.4 Å². The Morgan fingerprint density at radius 3 is 2.35 bits per heavy atom. The molecule has 0 radical (unpaired) electrons. The van der Waals surface area contributed by atoms with E-state index in [1.807, 2.05) is 6.07 Å². The van der Waals surface area contributed by atoms with E-state index in [9.17, 15) is 13.2 Å². The van der Waals surface area contributed by atoms with Crippen LogP contribution in [0.5, 0.6) is 0 Å². The molecule has 2 aromatic heterocycles. The molecule has 0 aliphatic carbocycles. The number of H-pyrrole nitrogens is 1. The molecule has 0 amide bonds. The SMILES string of the molecule is Fc1cc(-c2cc(-c3cccnc3)[nH]n2)cc(F)c1F. The number of nitrogens with zero attached hydrogens (tertiary/aromatic N) is 2. The molecule has 6 heteroatoms. The van der Waals surface area contributed by atoms with Crippen LogP contribution in [-0.2, 0) is 0 Å². The lowest BCUT2D eigenvalue weighted by molar-refractivity contribution is 0.447. The Morgan fingerprint density at radius 2 is 1.70 bits per heavy atom. The summed E-state index contributed by atoms with van der Waals surface area (Å²) < 4.78 is 39.3. The Kier molecular flexibility index (Phi) is 2.98. The Morgan fingerprint density at radius 1 is 0.950 bits per heavy atom. The van der Waals surface area contributed by atoms with Gasteiger partial charge in [-0.3, -0.25) is 10.1 Å². The summed E-state index contributed by atoms with van der Waals surface area (Å²) in [6.07, 6.45) is 3.26. The molecule has 2 heterocycles. The van der Waals surface area contributed by atoms with Gasteiger partial charge < -0.3 is 0 Å². The predicted molar refractivity (Wildman–Crippen MR) is 67.1 cm³/mol. The summed E-state index contributed by atoms with van der Waals surface area (Å²) in [5.41, 5.74) is 1.92. The van der Waals surface area contributed by atoms with Gasteiger partial charge >= 0.3 is 0 Å². The molecule has 100 valence electrons. The van der Waals surface area contributed by atoms with E-state index in [4.69, 9.17) is 0 Å². The van der Waals surface area contributed by atoms with Gasteiger partial charge in [-0.1, -0.05) is 0 Å². The van der Waals surface area contributed by atoms with Crippen molar-refractivity contribution in [3.05, 3.63) is 60.2 Å². The van der Waals surface area contributed by atoms with E-state index in [1.54, 1.807) is 24.5 Å². The van der Waals surface area contributed by atoms with Gasteiger partial charge in [-0.05, 0) is 30.3 Å². The van der Waals surface area contributed by atoms with Gasteiger partial charge in [-0.15, -0.1) is 0 Å². The predicted octanol–water partition coefficient (Wildman–Crippen LogP) is 3.56. The van der Waals surface area contributed by atoms with Gasteiger partial charge in [0.2, 0.25) is 0 Å². The molecular weight excluding hydrogens is 267 g/mol. The molecule has 0 aliphatic heterocycles. The third-order valence-electron chi connectivity index (χ3n) is 2.83. The largest absolute Gasteiger partial charge is 0.277 e. The first-order chi connectivity index (χ1) is 9.65. The van der Waals surface area contributed by atoms with E-state index in [-0.39, 0.29) is 5.56 Å². The molecule has 0 unspecified atom stereocenters. The summed E-state index contributed by atoms with van der Waals surface area (Å²) in [7, 11) is 0. The monoisotopic (exact) mass is 275 g/mol. The van der Waals surface area contributed by atoms with Crippen LogP contribution in [0.25, 0.3) is 22.5 Å². The molecule has 3 nitrogen and oxygen atoms in total. The van der Waals surface area contributed by atoms with Crippen LogP contribution in [0.15, 0.2) is 42.7 Å². The zero-order chi connectivity index (χ0) is 14.1. The second kappa shape index (κ2) is 4.80. The number of hydrogen-bond acceptors (Lipinski definition) is 2. The maximum absolute atomic E-state index is 13.2. The minimum Gasteiger partial charge on any atom is -0.277 e. The Hall–Kier alpha value is -2.63. The van der Waals surface area contributed by atoms with Gasteiger partial charge in [0.25, 0.3) is 0 Å². The quantitative estimate of drug-likeness (QED) is 0.726. The minimum atomic E-state index is -1.49. The van der Waals surface area contributed by atoms with Crippen molar-refractivity contribution < 1.29 is 13.2 Å². The normalized spacial score (nSPS) is 10.8. The van der Waals surface area contributed by atoms with Gasteiger partial charge in [0, 0.05) is 23.5 Å². The molecule has 0 saturated carbocycles. The number of aromatic nitrogens is 3. The highest BCUT2D eigenvalue weighted by molar-refractivity contribution is 5.67. The third kappa shape index (κ3) is 2.16. The molecule has 0 saturated heterocycles. The number of hydrogen-bond donors (Lipinski definition) is 1. The maximum atomic E-state index is 13.2. The molecule has 20 heavy (non-hydrogen) atoms. The van der Waals surface area contributed by atoms with Crippen LogP contribution in [0.3, 0.4) is 0 Å². The summed E-state index contributed by atoms with van der Waals surface area (Å²) in [6.45, 7) is 0. The lowest BCUT2D eigenvalue weighted by Gasteiger charge is -1.99. The Balaban J connectivity index is 2.03. The second-order valence-electron chi connectivity index (χ2n) is 4.16. The number of aromatic amines is 1. The summed E-state index contributed by atoms with van der Waals surface area (Å²) >= 11 is 0. The molecular formula is C14H8F3N3. The number of benzene rings is 1. The minimum absolute atomic E-state index is 0.160. The second-order valence-corrected chi connectivity index (χ2v) is 4.16. The maximum Gasteiger partial charge on any atom is 0.194 e. The van der Waals surface area contributed by atoms with Gasteiger partial charge in [-0.25, -0.2) is 13.2 Å². The van der Waals surface area contributed by atoms with Crippen molar-refractivity contribution in [2.24, 2.45) is 0 Å². The molecule has 0 spiro atoms. The highest BCUT2D eigenvalue weighted by Crippen LogP contribution is 2.25. The Labute approximate surface area is 112 Å². The number of nitrogens with one attached hydrogen (secondary N) is 1. The van der Waals surface area contributed by atoms with Gasteiger partial charge in [-0.2, -0.15) is 5.10 Å². The van der Waals surface area contributed by atoms with Crippen LogP contribution in [0.1, 0.15) is 0 Å². The van der Waals surface area contributed by atoms with E-state index in [1.165, 1.54) is 0 Å². The number of pyridine rings is 1. The molecule has 3 aromatic rings. The van der Waals surface area contributed by atoms with Crippen LogP contribution in [-0.4, -0.2) is 15.2 Å². The fourth-order valence-electron chi connectivity index (χ4n) is 1.84. The summed E-state index contributed by atoms with van der Waals surface area (Å²) in [5.74, 6) is -3.98. The van der Waals surface area contributed by atoms with Crippen LogP contribution in [0, 0.1) is 17.5 Å². The first kappa shape index (κ1) is 12.4. The molecule has 1 aromatic carbocycles. The lowest BCUT2D eigenvalue weighted by atomic mass is 10.1. The van der Waals surface area contributed by atoms with Crippen molar-refractivity contribution in [3.63, 3.8) is 0 Å². The summed E-state index contributed by atoms with van der Waals surface area (Å²) in [4.78, 5) is 3.97.